The van der Waals surface area contributed by atoms with Crippen LogP contribution >= 0.6 is 12.4 Å². The number of rotatable bonds is 2. The highest BCUT2D eigenvalue weighted by Gasteiger charge is 2.27. The van der Waals surface area contributed by atoms with Crippen molar-refractivity contribution in [2.24, 2.45) is 0 Å². The van der Waals surface area contributed by atoms with Crippen LogP contribution in [-0.4, -0.2) is 38.4 Å². The maximum atomic E-state index is 13.4. The zero-order valence-corrected chi connectivity index (χ0v) is 20.1. The number of carbonyl (C=O) groups is 1. The topological polar surface area (TPSA) is 79.7 Å². The van der Waals surface area contributed by atoms with Crippen LogP contribution < -0.4 is 5.56 Å². The minimum atomic E-state index is -0.179. The summed E-state index contributed by atoms with van der Waals surface area (Å²) in [6.45, 7) is 6.47. The molecule has 4 aromatic rings. The van der Waals surface area contributed by atoms with E-state index in [1.165, 1.54) is 11.1 Å². The molecular weight excluding hydrogens is 452 g/mol. The molecule has 0 saturated carbocycles. The molecule has 2 aromatic carbocycles. The number of nitrogens with zero attached hydrogens (tertiary/aromatic N) is 3. The molecule has 2 aromatic heterocycles. The van der Waals surface area contributed by atoms with Gasteiger partial charge in [-0.3, -0.25) is 14.0 Å². The van der Waals surface area contributed by atoms with Gasteiger partial charge < -0.3 is 14.6 Å². The molecule has 176 valence electrons. The van der Waals surface area contributed by atoms with Crippen molar-refractivity contribution >= 4 is 34.9 Å². The lowest BCUT2D eigenvalue weighted by atomic mass is 9.99. The normalized spacial score (nSPS) is 16.1. The summed E-state index contributed by atoms with van der Waals surface area (Å²) in [6.07, 6.45) is 1.77. The number of aryl methyl sites for hydroxylation is 2. The first-order chi connectivity index (χ1) is 16.0. The third-order valence-electron chi connectivity index (χ3n) is 7.07. The number of nitrogens with one attached hydrogen (secondary N) is 1. The number of carbonyl (C=O) groups excluding carboxylic acids is 1. The molecular formula is C26H27ClN4O3. The molecule has 1 N–H and O–H groups in total. The Balaban J connectivity index is 0.00000241. The quantitative estimate of drug-likeness (QED) is 0.466. The molecule has 8 heteroatoms. The molecule has 1 amide bonds. The minimum Gasteiger partial charge on any atom is -0.381 e. The van der Waals surface area contributed by atoms with Crippen molar-refractivity contribution in [3.05, 3.63) is 80.5 Å². The van der Waals surface area contributed by atoms with Gasteiger partial charge in [0.2, 0.25) is 0 Å². The molecule has 2 aliphatic rings. The summed E-state index contributed by atoms with van der Waals surface area (Å²) in [7, 11) is 0. The summed E-state index contributed by atoms with van der Waals surface area (Å²) in [5, 5.41) is 0. The number of aromatic nitrogens is 3. The molecule has 7 nitrogen and oxygen atoms in total. The van der Waals surface area contributed by atoms with Crippen LogP contribution in [0.3, 0.4) is 0 Å². The van der Waals surface area contributed by atoms with E-state index in [4.69, 9.17) is 9.72 Å². The molecule has 1 saturated heterocycles. The number of ether oxygens (including phenoxy) is 1. The third-order valence-corrected chi connectivity index (χ3v) is 7.07. The zero-order valence-electron chi connectivity index (χ0n) is 19.3. The molecule has 0 bridgehead atoms. The second kappa shape index (κ2) is 8.56. The predicted molar refractivity (Wildman–Crippen MR) is 133 cm³/mol. The van der Waals surface area contributed by atoms with Gasteiger partial charge in [-0.1, -0.05) is 24.3 Å². The van der Waals surface area contributed by atoms with Crippen LogP contribution in [0, 0.1) is 13.8 Å². The molecule has 2 aliphatic heterocycles. The van der Waals surface area contributed by atoms with E-state index in [1.807, 2.05) is 47.4 Å². The maximum Gasteiger partial charge on any atom is 0.274 e. The van der Waals surface area contributed by atoms with E-state index in [9.17, 15) is 9.59 Å². The van der Waals surface area contributed by atoms with Crippen LogP contribution in [0.5, 0.6) is 0 Å². The van der Waals surface area contributed by atoms with Gasteiger partial charge in [0.25, 0.3) is 11.5 Å². The summed E-state index contributed by atoms with van der Waals surface area (Å²) in [6, 6.07) is 12.0. The molecule has 1 fully saturated rings. The van der Waals surface area contributed by atoms with Crippen LogP contribution in [0.4, 0.5) is 0 Å². The van der Waals surface area contributed by atoms with Gasteiger partial charge in [0.15, 0.2) is 0 Å². The van der Waals surface area contributed by atoms with Gasteiger partial charge in [-0.15, -0.1) is 12.4 Å². The predicted octanol–water partition coefficient (Wildman–Crippen LogP) is 4.26. The molecule has 0 atom stereocenters. The second-order valence-corrected chi connectivity index (χ2v) is 9.19. The Morgan fingerprint density at radius 1 is 1.09 bits per heavy atom. The maximum absolute atomic E-state index is 13.4. The monoisotopic (exact) mass is 478 g/mol. The standard InChI is InChI=1S/C26H26N4O3.ClH/c1-15-11-22-21(12-20(15)26(32)29-13-18-5-3-4-6-19(18)14-29)28-25(31)23-16(2)27-24(30(22)23)17-7-9-33-10-8-17;/h3-6,11-12,17H,7-10,13-14H2,1-2H3,(H,28,31);1H. The highest BCUT2D eigenvalue weighted by atomic mass is 35.5. The Kier molecular flexibility index (Phi) is 5.70. The van der Waals surface area contributed by atoms with Crippen LogP contribution in [0.25, 0.3) is 16.6 Å². The van der Waals surface area contributed by atoms with Gasteiger partial charge in [-0.05, 0) is 55.5 Å². The number of hydrogen-bond acceptors (Lipinski definition) is 4. The Hall–Kier alpha value is -3.16. The van der Waals surface area contributed by atoms with E-state index in [1.54, 1.807) is 0 Å². The minimum absolute atomic E-state index is 0. The number of imidazole rings is 1. The van der Waals surface area contributed by atoms with Crippen molar-refractivity contribution in [2.45, 2.75) is 45.7 Å². The fraction of sp³-hybridized carbons (Fsp3) is 0.346. The highest BCUT2D eigenvalue weighted by molar-refractivity contribution is 5.99. The fourth-order valence-electron chi connectivity index (χ4n) is 5.33. The Morgan fingerprint density at radius 2 is 1.76 bits per heavy atom. The van der Waals surface area contributed by atoms with E-state index >= 15 is 0 Å². The van der Waals surface area contributed by atoms with E-state index in [2.05, 4.69) is 17.1 Å². The number of hydrogen-bond donors (Lipinski definition) is 1. The average Bonchev–Trinajstić information content (AvgIpc) is 3.41. The van der Waals surface area contributed by atoms with Gasteiger partial charge in [-0.2, -0.15) is 0 Å². The van der Waals surface area contributed by atoms with E-state index < -0.39 is 0 Å². The SMILES string of the molecule is Cc1cc2c(cc1C(=O)N1Cc3ccccc3C1)[nH]c(=O)c1c(C)nc(C3CCOCC3)n12.Cl. The van der Waals surface area contributed by atoms with Gasteiger partial charge in [-0.25, -0.2) is 4.98 Å². The summed E-state index contributed by atoms with van der Waals surface area (Å²) in [4.78, 5) is 36.2. The van der Waals surface area contributed by atoms with Crippen molar-refractivity contribution in [2.75, 3.05) is 13.2 Å². The largest absolute Gasteiger partial charge is 0.381 e. The van der Waals surface area contributed by atoms with Crippen LogP contribution in [0.15, 0.2) is 41.2 Å². The van der Waals surface area contributed by atoms with Gasteiger partial charge in [0.05, 0.1) is 16.7 Å². The lowest BCUT2D eigenvalue weighted by Gasteiger charge is -2.22. The van der Waals surface area contributed by atoms with Crippen molar-refractivity contribution < 1.29 is 9.53 Å². The van der Waals surface area contributed by atoms with Crippen molar-refractivity contribution in [3.63, 3.8) is 0 Å². The van der Waals surface area contributed by atoms with Crippen molar-refractivity contribution in [1.82, 2.24) is 19.3 Å². The van der Waals surface area contributed by atoms with E-state index in [0.29, 0.717) is 42.9 Å². The lowest BCUT2D eigenvalue weighted by Crippen LogP contribution is -2.26. The molecule has 6 rings (SSSR count). The number of fused-ring (bicyclic) bond motifs is 4. The van der Waals surface area contributed by atoms with Crippen molar-refractivity contribution in [1.29, 1.82) is 0 Å². The molecule has 0 spiro atoms. The fourth-order valence-corrected chi connectivity index (χ4v) is 5.33. The van der Waals surface area contributed by atoms with Gasteiger partial charge in [0.1, 0.15) is 11.3 Å². The summed E-state index contributed by atoms with van der Waals surface area (Å²) in [5.41, 5.74) is 6.56. The van der Waals surface area contributed by atoms with E-state index in [-0.39, 0.29) is 29.8 Å². The number of benzene rings is 2. The van der Waals surface area contributed by atoms with Crippen LogP contribution in [0.2, 0.25) is 0 Å². The number of halogens is 1. The summed E-state index contributed by atoms with van der Waals surface area (Å²) >= 11 is 0. The molecule has 0 aliphatic carbocycles. The van der Waals surface area contributed by atoms with E-state index in [0.717, 1.165) is 35.4 Å². The smallest absolute Gasteiger partial charge is 0.274 e. The summed E-state index contributed by atoms with van der Waals surface area (Å²) in [5.74, 6) is 1.14. The van der Waals surface area contributed by atoms with Crippen LogP contribution in [-0.2, 0) is 17.8 Å². The van der Waals surface area contributed by atoms with Gasteiger partial charge >= 0.3 is 0 Å². The average molecular weight is 479 g/mol. The first-order valence-corrected chi connectivity index (χ1v) is 11.5. The highest BCUT2D eigenvalue weighted by Crippen LogP contribution is 2.31. The Morgan fingerprint density at radius 3 is 2.44 bits per heavy atom. The molecule has 34 heavy (non-hydrogen) atoms. The number of H-pyrrole nitrogens is 1. The Bertz CT molecular complexity index is 1460. The first-order valence-electron chi connectivity index (χ1n) is 11.5. The third kappa shape index (κ3) is 3.51. The lowest BCUT2D eigenvalue weighted by molar-refractivity contribution is 0.0750. The number of aromatic amines is 1. The van der Waals surface area contributed by atoms with Crippen molar-refractivity contribution in [3.8, 4) is 0 Å². The second-order valence-electron chi connectivity index (χ2n) is 9.19. The summed E-state index contributed by atoms with van der Waals surface area (Å²) < 4.78 is 7.54. The van der Waals surface area contributed by atoms with Crippen LogP contribution in [0.1, 0.15) is 57.3 Å². The zero-order chi connectivity index (χ0) is 22.7. The Labute approximate surface area is 203 Å². The molecule has 0 unspecified atom stereocenters. The van der Waals surface area contributed by atoms with Gasteiger partial charge in [0, 0.05) is 37.8 Å². The molecule has 4 heterocycles. The number of amides is 1. The molecule has 0 radical (unpaired) electrons. The first kappa shape index (κ1) is 22.6.